The highest BCUT2D eigenvalue weighted by Crippen LogP contribution is 2.16. The number of aromatic hydroxyl groups is 1. The molecule has 0 fully saturated rings. The Hall–Kier alpha value is -2.01. The summed E-state index contributed by atoms with van der Waals surface area (Å²) in [6.45, 7) is 0.548. The molecule has 2 aromatic carbocycles. The molecule has 0 aliphatic heterocycles. The second-order valence-electron chi connectivity index (χ2n) is 4.27. The molecule has 0 radical (unpaired) electrons. The zero-order valence-corrected chi connectivity index (χ0v) is 12.4. The Morgan fingerprint density at radius 2 is 1.80 bits per heavy atom. The molecule has 0 aliphatic carbocycles. The van der Waals surface area contributed by atoms with Crippen molar-refractivity contribution in [1.29, 1.82) is 0 Å². The lowest BCUT2D eigenvalue weighted by atomic mass is 10.1. The smallest absolute Gasteiger partial charge is 0.319 e. The SMILES string of the molecule is O=C(NCCc1ccccc1Br)Nc1ccc(O)cc1. The third-order valence-electron chi connectivity index (χ3n) is 2.76. The van der Waals surface area contributed by atoms with Crippen LogP contribution in [0.2, 0.25) is 0 Å². The third kappa shape index (κ3) is 4.28. The lowest BCUT2D eigenvalue weighted by molar-refractivity contribution is 0.252. The van der Waals surface area contributed by atoms with Gasteiger partial charge in [-0.15, -0.1) is 0 Å². The van der Waals surface area contributed by atoms with Gasteiger partial charge in [0.05, 0.1) is 0 Å². The summed E-state index contributed by atoms with van der Waals surface area (Å²) >= 11 is 3.47. The van der Waals surface area contributed by atoms with Crippen LogP contribution in [0.3, 0.4) is 0 Å². The topological polar surface area (TPSA) is 61.4 Å². The number of amides is 2. The molecule has 0 aromatic heterocycles. The summed E-state index contributed by atoms with van der Waals surface area (Å²) in [5.74, 6) is 0.171. The first-order valence-corrected chi connectivity index (χ1v) is 7.02. The van der Waals surface area contributed by atoms with Crippen LogP contribution in [0.15, 0.2) is 53.0 Å². The summed E-state index contributed by atoms with van der Waals surface area (Å²) in [4.78, 5) is 11.7. The van der Waals surface area contributed by atoms with Crippen molar-refractivity contribution in [2.24, 2.45) is 0 Å². The van der Waals surface area contributed by atoms with E-state index in [0.717, 1.165) is 16.5 Å². The number of hydrogen-bond donors (Lipinski definition) is 3. The third-order valence-corrected chi connectivity index (χ3v) is 3.54. The van der Waals surface area contributed by atoms with Crippen LogP contribution in [-0.4, -0.2) is 17.7 Å². The molecule has 0 atom stereocenters. The summed E-state index contributed by atoms with van der Waals surface area (Å²) in [6.07, 6.45) is 0.754. The van der Waals surface area contributed by atoms with E-state index in [1.165, 1.54) is 12.1 Å². The van der Waals surface area contributed by atoms with Gasteiger partial charge in [-0.2, -0.15) is 0 Å². The van der Waals surface area contributed by atoms with Crippen molar-refractivity contribution in [3.63, 3.8) is 0 Å². The number of phenolic OH excluding ortho intramolecular Hbond substituents is 1. The van der Waals surface area contributed by atoms with Crippen molar-refractivity contribution >= 4 is 27.6 Å². The molecular formula is C15H15BrN2O2. The molecule has 2 rings (SSSR count). The number of halogens is 1. The lowest BCUT2D eigenvalue weighted by Crippen LogP contribution is -2.30. The molecule has 0 heterocycles. The van der Waals surface area contributed by atoms with E-state index in [-0.39, 0.29) is 11.8 Å². The summed E-state index contributed by atoms with van der Waals surface area (Å²) in [6, 6.07) is 14.0. The molecule has 0 unspecified atom stereocenters. The molecule has 2 amide bonds. The Morgan fingerprint density at radius 1 is 1.10 bits per heavy atom. The number of hydrogen-bond acceptors (Lipinski definition) is 2. The van der Waals surface area contributed by atoms with Crippen molar-refractivity contribution in [3.8, 4) is 5.75 Å². The first kappa shape index (κ1) is 14.4. The molecule has 0 aliphatic rings. The Balaban J connectivity index is 1.78. The maximum atomic E-state index is 11.7. The second kappa shape index (κ2) is 6.96. The number of carbonyl (C=O) groups is 1. The van der Waals surface area contributed by atoms with Gasteiger partial charge in [-0.05, 0) is 42.3 Å². The van der Waals surface area contributed by atoms with Gasteiger partial charge < -0.3 is 15.7 Å². The Morgan fingerprint density at radius 3 is 2.50 bits per heavy atom. The van der Waals surface area contributed by atoms with Gasteiger partial charge in [0.1, 0.15) is 5.75 Å². The van der Waals surface area contributed by atoms with Crippen LogP contribution in [0.1, 0.15) is 5.56 Å². The first-order chi connectivity index (χ1) is 9.65. The molecule has 2 aromatic rings. The van der Waals surface area contributed by atoms with Gasteiger partial charge in [-0.3, -0.25) is 0 Å². The zero-order valence-electron chi connectivity index (χ0n) is 10.8. The average molecular weight is 335 g/mol. The predicted molar refractivity (Wildman–Crippen MR) is 83.0 cm³/mol. The molecule has 0 bridgehead atoms. The van der Waals surface area contributed by atoms with Crippen LogP contribution in [0.4, 0.5) is 10.5 Å². The summed E-state index contributed by atoms with van der Waals surface area (Å²) in [5.41, 5.74) is 1.79. The molecule has 20 heavy (non-hydrogen) atoms. The fraction of sp³-hybridized carbons (Fsp3) is 0.133. The van der Waals surface area contributed by atoms with E-state index in [9.17, 15) is 4.79 Å². The van der Waals surface area contributed by atoms with E-state index in [1.807, 2.05) is 24.3 Å². The van der Waals surface area contributed by atoms with Gasteiger partial charge in [0, 0.05) is 16.7 Å². The standard InChI is InChI=1S/C15H15BrN2O2/c16-14-4-2-1-3-11(14)9-10-17-15(20)18-12-5-7-13(19)8-6-12/h1-8,19H,9-10H2,(H2,17,18,20). The maximum absolute atomic E-state index is 11.7. The van der Waals surface area contributed by atoms with E-state index in [1.54, 1.807) is 12.1 Å². The minimum absolute atomic E-state index is 0.171. The molecule has 0 saturated carbocycles. The van der Waals surface area contributed by atoms with Crippen molar-refractivity contribution in [1.82, 2.24) is 5.32 Å². The lowest BCUT2D eigenvalue weighted by Gasteiger charge is -2.08. The Kier molecular flexibility index (Phi) is 5.01. The van der Waals surface area contributed by atoms with Gasteiger partial charge in [0.15, 0.2) is 0 Å². The molecule has 0 saturated heterocycles. The monoisotopic (exact) mass is 334 g/mol. The van der Waals surface area contributed by atoms with Crippen LogP contribution in [0.25, 0.3) is 0 Å². The quantitative estimate of drug-likeness (QED) is 0.749. The molecule has 4 nitrogen and oxygen atoms in total. The van der Waals surface area contributed by atoms with Crippen molar-refractivity contribution < 1.29 is 9.90 Å². The molecule has 0 spiro atoms. The summed E-state index contributed by atoms with van der Waals surface area (Å²) in [5, 5.41) is 14.6. The normalized spacial score (nSPS) is 10.1. The molecule has 5 heteroatoms. The fourth-order valence-electron chi connectivity index (χ4n) is 1.73. The summed E-state index contributed by atoms with van der Waals surface area (Å²) in [7, 11) is 0. The number of rotatable bonds is 4. The van der Waals surface area contributed by atoms with E-state index in [0.29, 0.717) is 12.2 Å². The van der Waals surface area contributed by atoms with Crippen LogP contribution in [-0.2, 0) is 6.42 Å². The van der Waals surface area contributed by atoms with Crippen LogP contribution >= 0.6 is 15.9 Å². The number of anilines is 1. The minimum atomic E-state index is -0.261. The van der Waals surface area contributed by atoms with Gasteiger partial charge in [0.25, 0.3) is 0 Å². The minimum Gasteiger partial charge on any atom is -0.508 e. The highest BCUT2D eigenvalue weighted by Gasteiger charge is 2.02. The van der Waals surface area contributed by atoms with E-state index >= 15 is 0 Å². The molecule has 3 N–H and O–H groups in total. The first-order valence-electron chi connectivity index (χ1n) is 6.22. The Bertz CT molecular complexity index is 585. The zero-order chi connectivity index (χ0) is 14.4. The van der Waals surface area contributed by atoms with Crippen LogP contribution in [0, 0.1) is 0 Å². The number of urea groups is 1. The molecular weight excluding hydrogens is 320 g/mol. The maximum Gasteiger partial charge on any atom is 0.319 e. The number of benzene rings is 2. The van der Waals surface area contributed by atoms with E-state index < -0.39 is 0 Å². The van der Waals surface area contributed by atoms with E-state index in [4.69, 9.17) is 5.11 Å². The largest absolute Gasteiger partial charge is 0.508 e. The molecule has 104 valence electrons. The Labute approximate surface area is 126 Å². The van der Waals surface area contributed by atoms with Crippen molar-refractivity contribution in [3.05, 3.63) is 58.6 Å². The number of carbonyl (C=O) groups excluding carboxylic acids is 1. The fourth-order valence-corrected chi connectivity index (χ4v) is 2.21. The highest BCUT2D eigenvalue weighted by atomic mass is 79.9. The average Bonchev–Trinajstić information content (AvgIpc) is 2.43. The van der Waals surface area contributed by atoms with Crippen molar-refractivity contribution in [2.75, 3.05) is 11.9 Å². The van der Waals surface area contributed by atoms with Crippen molar-refractivity contribution in [2.45, 2.75) is 6.42 Å². The van der Waals surface area contributed by atoms with Crippen LogP contribution < -0.4 is 10.6 Å². The predicted octanol–water partition coefficient (Wildman–Crippen LogP) is 3.52. The van der Waals surface area contributed by atoms with Gasteiger partial charge in [-0.25, -0.2) is 4.79 Å². The van der Waals surface area contributed by atoms with Gasteiger partial charge in [-0.1, -0.05) is 34.1 Å². The highest BCUT2D eigenvalue weighted by molar-refractivity contribution is 9.10. The van der Waals surface area contributed by atoms with E-state index in [2.05, 4.69) is 26.6 Å². The second-order valence-corrected chi connectivity index (χ2v) is 5.12. The van der Waals surface area contributed by atoms with Gasteiger partial charge in [0.2, 0.25) is 0 Å². The number of phenols is 1. The van der Waals surface area contributed by atoms with Crippen LogP contribution in [0.5, 0.6) is 5.75 Å². The van der Waals surface area contributed by atoms with Gasteiger partial charge >= 0.3 is 6.03 Å². The number of nitrogens with one attached hydrogen (secondary N) is 2. The summed E-state index contributed by atoms with van der Waals surface area (Å²) < 4.78 is 1.04.